The van der Waals surface area contributed by atoms with E-state index in [0.29, 0.717) is 16.7 Å². The predicted octanol–water partition coefficient (Wildman–Crippen LogP) is 1.49. The molecule has 1 N–H and O–H groups in total. The van der Waals surface area contributed by atoms with Crippen molar-refractivity contribution in [1.29, 1.82) is 0 Å². The van der Waals surface area contributed by atoms with Crippen molar-refractivity contribution in [3.63, 3.8) is 0 Å². The number of aromatic hydroxyl groups is 1. The highest BCUT2D eigenvalue weighted by Gasteiger charge is 1.94. The van der Waals surface area contributed by atoms with Crippen LogP contribution in [-0.4, -0.2) is 11.4 Å². The Morgan fingerprint density at radius 3 is 2.60 bits per heavy atom. The number of carbonyl (C=O) groups excluding carboxylic acids is 1. The van der Waals surface area contributed by atoms with Crippen molar-refractivity contribution in [2.24, 2.45) is 0 Å². The zero-order valence-corrected chi connectivity index (χ0v) is 6.01. The summed E-state index contributed by atoms with van der Waals surface area (Å²) in [6.07, 6.45) is 0.666. The van der Waals surface area contributed by atoms with Gasteiger partial charge in [-0.1, -0.05) is 0 Å². The van der Waals surface area contributed by atoms with Gasteiger partial charge in [0.2, 0.25) is 0 Å². The first kappa shape index (κ1) is 7.15. The summed E-state index contributed by atoms with van der Waals surface area (Å²) in [7, 11) is 0. The van der Waals surface area contributed by atoms with Crippen LogP contribution in [0, 0.1) is 0 Å². The van der Waals surface area contributed by atoms with Gasteiger partial charge in [-0.05, 0) is 18.2 Å². The number of hydrogen-bond acceptors (Lipinski definition) is 3. The van der Waals surface area contributed by atoms with Crippen molar-refractivity contribution >= 4 is 18.9 Å². The standard InChI is InChI=1S/C7H6O2S/c8-4-5-1-6(9)3-7(10)2-5/h1-4,9-10H. The van der Waals surface area contributed by atoms with E-state index in [1.165, 1.54) is 12.1 Å². The summed E-state index contributed by atoms with van der Waals surface area (Å²) < 4.78 is 0. The normalized spacial score (nSPS) is 9.30. The minimum absolute atomic E-state index is 0.0644. The van der Waals surface area contributed by atoms with Crippen LogP contribution in [0.2, 0.25) is 0 Å². The van der Waals surface area contributed by atoms with Gasteiger partial charge >= 0.3 is 0 Å². The Labute approximate surface area is 63.9 Å². The third-order valence-corrected chi connectivity index (χ3v) is 1.32. The number of phenols is 1. The lowest BCUT2D eigenvalue weighted by molar-refractivity contribution is 0.112. The Balaban J connectivity index is 3.18. The lowest BCUT2D eigenvalue weighted by Gasteiger charge is -1.94. The third kappa shape index (κ3) is 1.51. The molecule has 0 aromatic heterocycles. The number of hydrogen-bond donors (Lipinski definition) is 2. The maximum atomic E-state index is 10.2. The van der Waals surface area contributed by atoms with Crippen molar-refractivity contribution in [1.82, 2.24) is 0 Å². The molecule has 0 saturated heterocycles. The molecule has 0 heterocycles. The monoisotopic (exact) mass is 154 g/mol. The van der Waals surface area contributed by atoms with Gasteiger partial charge < -0.3 is 5.11 Å². The molecule has 0 aliphatic rings. The maximum Gasteiger partial charge on any atom is 0.150 e. The van der Waals surface area contributed by atoms with Gasteiger partial charge in [-0.15, -0.1) is 12.6 Å². The van der Waals surface area contributed by atoms with Crippen LogP contribution in [0.4, 0.5) is 0 Å². The molecule has 1 aromatic rings. The zero-order valence-electron chi connectivity index (χ0n) is 5.11. The number of rotatable bonds is 1. The Bertz CT molecular complexity index is 238. The van der Waals surface area contributed by atoms with Crippen molar-refractivity contribution in [3.05, 3.63) is 23.8 Å². The molecule has 0 aliphatic carbocycles. The molecule has 0 atom stereocenters. The maximum absolute atomic E-state index is 10.2. The first-order valence-corrected chi connectivity index (χ1v) is 3.15. The Morgan fingerprint density at radius 2 is 2.10 bits per heavy atom. The second-order valence-electron chi connectivity index (χ2n) is 1.90. The Morgan fingerprint density at radius 1 is 1.40 bits per heavy atom. The summed E-state index contributed by atoms with van der Waals surface area (Å²) >= 11 is 3.96. The molecule has 3 heteroatoms. The van der Waals surface area contributed by atoms with E-state index in [1.807, 2.05) is 0 Å². The average Bonchev–Trinajstić information content (AvgIpc) is 1.85. The number of thiol groups is 1. The molecule has 0 amide bonds. The molecular formula is C7H6O2S. The smallest absolute Gasteiger partial charge is 0.150 e. The molecule has 1 aromatic carbocycles. The summed E-state index contributed by atoms with van der Waals surface area (Å²) in [5.41, 5.74) is 0.435. The van der Waals surface area contributed by atoms with Gasteiger partial charge in [0.05, 0.1) is 0 Å². The molecule has 1 rings (SSSR count). The minimum atomic E-state index is 0.0644. The van der Waals surface area contributed by atoms with Crippen LogP contribution in [-0.2, 0) is 0 Å². The molecule has 0 saturated carbocycles. The molecule has 0 spiro atoms. The van der Waals surface area contributed by atoms with Gasteiger partial charge in [-0.25, -0.2) is 0 Å². The van der Waals surface area contributed by atoms with Gasteiger partial charge in [-0.2, -0.15) is 0 Å². The van der Waals surface area contributed by atoms with E-state index < -0.39 is 0 Å². The van der Waals surface area contributed by atoms with Gasteiger partial charge in [0.25, 0.3) is 0 Å². The van der Waals surface area contributed by atoms with E-state index in [2.05, 4.69) is 12.6 Å². The molecular weight excluding hydrogens is 148 g/mol. The van der Waals surface area contributed by atoms with Crippen molar-refractivity contribution < 1.29 is 9.90 Å². The number of benzene rings is 1. The number of aldehydes is 1. The molecule has 10 heavy (non-hydrogen) atoms. The highest BCUT2D eigenvalue weighted by atomic mass is 32.1. The zero-order chi connectivity index (χ0) is 7.56. The van der Waals surface area contributed by atoms with Crippen LogP contribution < -0.4 is 0 Å². The van der Waals surface area contributed by atoms with E-state index in [1.54, 1.807) is 6.07 Å². The second-order valence-corrected chi connectivity index (χ2v) is 2.42. The fourth-order valence-electron chi connectivity index (χ4n) is 0.686. The van der Waals surface area contributed by atoms with Crippen molar-refractivity contribution in [2.45, 2.75) is 4.90 Å². The molecule has 0 radical (unpaired) electrons. The van der Waals surface area contributed by atoms with Gasteiger partial charge in [0, 0.05) is 10.5 Å². The van der Waals surface area contributed by atoms with Crippen LogP contribution in [0.25, 0.3) is 0 Å². The molecule has 0 bridgehead atoms. The second kappa shape index (κ2) is 2.75. The van der Waals surface area contributed by atoms with E-state index in [-0.39, 0.29) is 5.75 Å². The van der Waals surface area contributed by atoms with Gasteiger partial charge in [0.1, 0.15) is 12.0 Å². The van der Waals surface area contributed by atoms with Crippen LogP contribution in [0.1, 0.15) is 10.4 Å². The summed E-state index contributed by atoms with van der Waals surface area (Å²) in [5.74, 6) is 0.0644. The molecule has 0 fully saturated rings. The first-order chi connectivity index (χ1) is 4.72. The third-order valence-electron chi connectivity index (χ3n) is 1.06. The first-order valence-electron chi connectivity index (χ1n) is 2.70. The predicted molar refractivity (Wildman–Crippen MR) is 40.7 cm³/mol. The van der Waals surface area contributed by atoms with Crippen LogP contribution in [0.15, 0.2) is 23.1 Å². The topological polar surface area (TPSA) is 37.3 Å². The summed E-state index contributed by atoms with van der Waals surface area (Å²) in [6.45, 7) is 0. The van der Waals surface area contributed by atoms with Gasteiger partial charge in [-0.3, -0.25) is 4.79 Å². The fraction of sp³-hybridized carbons (Fsp3) is 0. The molecule has 0 unspecified atom stereocenters. The summed E-state index contributed by atoms with van der Waals surface area (Å²) in [5, 5.41) is 8.92. The minimum Gasteiger partial charge on any atom is -0.508 e. The van der Waals surface area contributed by atoms with E-state index in [4.69, 9.17) is 5.11 Å². The lowest BCUT2D eigenvalue weighted by Crippen LogP contribution is -1.78. The van der Waals surface area contributed by atoms with E-state index in [0.717, 1.165) is 0 Å². The van der Waals surface area contributed by atoms with Crippen molar-refractivity contribution in [2.75, 3.05) is 0 Å². The average molecular weight is 154 g/mol. The van der Waals surface area contributed by atoms with E-state index >= 15 is 0 Å². The Hall–Kier alpha value is -0.960. The van der Waals surface area contributed by atoms with Gasteiger partial charge in [0.15, 0.2) is 0 Å². The highest BCUT2D eigenvalue weighted by Crippen LogP contribution is 2.16. The summed E-state index contributed by atoms with van der Waals surface area (Å²) in [4.78, 5) is 10.8. The number of carbonyl (C=O) groups is 1. The van der Waals surface area contributed by atoms with Crippen molar-refractivity contribution in [3.8, 4) is 5.75 Å². The number of phenolic OH excluding ortho intramolecular Hbond substituents is 1. The molecule has 52 valence electrons. The SMILES string of the molecule is O=Cc1cc(O)cc(S)c1. The lowest BCUT2D eigenvalue weighted by atomic mass is 10.2. The largest absolute Gasteiger partial charge is 0.508 e. The van der Waals surface area contributed by atoms with E-state index in [9.17, 15) is 4.79 Å². The highest BCUT2D eigenvalue weighted by molar-refractivity contribution is 7.80. The molecule has 0 aliphatic heterocycles. The molecule has 2 nitrogen and oxygen atoms in total. The van der Waals surface area contributed by atoms with Crippen LogP contribution in [0.3, 0.4) is 0 Å². The summed E-state index contributed by atoms with van der Waals surface area (Å²) in [6, 6.07) is 4.43. The Kier molecular flexibility index (Phi) is 1.97. The fourth-order valence-corrected chi connectivity index (χ4v) is 0.967. The van der Waals surface area contributed by atoms with Crippen LogP contribution >= 0.6 is 12.6 Å². The van der Waals surface area contributed by atoms with Crippen LogP contribution in [0.5, 0.6) is 5.75 Å². The quantitative estimate of drug-likeness (QED) is 0.475.